The molecule has 1 N–H and O–H groups in total. The van der Waals surface area contributed by atoms with Crippen LogP contribution in [0.1, 0.15) is 62.4 Å². The minimum absolute atomic E-state index is 0.00687. The van der Waals surface area contributed by atoms with Gasteiger partial charge >= 0.3 is 5.97 Å². The van der Waals surface area contributed by atoms with Crippen molar-refractivity contribution >= 4 is 17.6 Å². The zero-order valence-corrected chi connectivity index (χ0v) is 19.3. The molecule has 0 bridgehead atoms. The fourth-order valence-corrected chi connectivity index (χ4v) is 5.10. The molecule has 6 heteroatoms. The van der Waals surface area contributed by atoms with Gasteiger partial charge in [-0.1, -0.05) is 26.8 Å². The van der Waals surface area contributed by atoms with Crippen LogP contribution in [0.3, 0.4) is 0 Å². The lowest BCUT2D eigenvalue weighted by Gasteiger charge is -2.45. The van der Waals surface area contributed by atoms with Crippen LogP contribution in [-0.2, 0) is 11.2 Å². The summed E-state index contributed by atoms with van der Waals surface area (Å²) in [5.74, 6) is -2.95. The molecule has 3 nitrogen and oxygen atoms in total. The smallest absolute Gasteiger partial charge is 0.328 e. The zero-order chi connectivity index (χ0) is 24.1. The molecular formula is C27H28F3NO2. The van der Waals surface area contributed by atoms with E-state index < -0.39 is 23.6 Å². The first-order valence-corrected chi connectivity index (χ1v) is 11.1. The normalized spacial score (nSPS) is 20.9. The molecule has 0 amide bonds. The summed E-state index contributed by atoms with van der Waals surface area (Å²) < 4.78 is 45.0. The van der Waals surface area contributed by atoms with E-state index in [1.165, 1.54) is 30.3 Å². The highest BCUT2D eigenvalue weighted by Crippen LogP contribution is 2.50. The molecule has 1 aliphatic carbocycles. The molecule has 2 atom stereocenters. The van der Waals surface area contributed by atoms with Gasteiger partial charge in [-0.05, 0) is 83.4 Å². The van der Waals surface area contributed by atoms with E-state index in [2.05, 4.69) is 25.7 Å². The van der Waals surface area contributed by atoms with Crippen molar-refractivity contribution in [3.63, 3.8) is 0 Å². The monoisotopic (exact) mass is 455 g/mol. The quantitative estimate of drug-likeness (QED) is 0.543. The van der Waals surface area contributed by atoms with E-state index in [-0.39, 0.29) is 28.4 Å². The van der Waals surface area contributed by atoms with Crippen LogP contribution < -0.4 is 0 Å². The first-order chi connectivity index (χ1) is 15.4. The first-order valence-electron chi connectivity index (χ1n) is 11.1. The van der Waals surface area contributed by atoms with Crippen molar-refractivity contribution in [1.82, 2.24) is 4.90 Å². The second-order valence-corrected chi connectivity index (χ2v) is 10.2. The second kappa shape index (κ2) is 8.49. The number of nitrogens with zero attached hydrogens (tertiary/aromatic N) is 1. The third-order valence-corrected chi connectivity index (χ3v) is 6.34. The standard InChI is InChI=1S/C27H28F3NO2/c1-15-9-20-19-13-18(28)7-6-17(19)12-21(20)26(31(15)14-27(2,3)4)25-22(29)10-16(11-23(25)30)5-8-24(32)33/h5-8,10-11,13,15,26H,9,12,14H2,1-4H3,(H,32,33)/b8-5+/t15-,26+/m1/s1. The summed E-state index contributed by atoms with van der Waals surface area (Å²) in [6, 6.07) is 6.41. The summed E-state index contributed by atoms with van der Waals surface area (Å²) in [5.41, 5.74) is 3.68. The molecule has 0 unspecified atom stereocenters. The third-order valence-electron chi connectivity index (χ3n) is 6.34. The number of aliphatic carboxylic acids is 1. The number of rotatable bonds is 4. The van der Waals surface area contributed by atoms with Crippen LogP contribution in [0.15, 0.2) is 42.0 Å². The van der Waals surface area contributed by atoms with Gasteiger partial charge in [-0.15, -0.1) is 0 Å². The van der Waals surface area contributed by atoms with Gasteiger partial charge in [0.25, 0.3) is 0 Å². The molecule has 0 saturated heterocycles. The maximum absolute atomic E-state index is 15.5. The van der Waals surface area contributed by atoms with Crippen LogP contribution >= 0.6 is 0 Å². The fraction of sp³-hybridized carbons (Fsp3) is 0.370. The van der Waals surface area contributed by atoms with Gasteiger partial charge in [0.05, 0.1) is 6.04 Å². The van der Waals surface area contributed by atoms with E-state index in [1.807, 2.05) is 6.92 Å². The van der Waals surface area contributed by atoms with E-state index in [0.717, 1.165) is 28.3 Å². The molecule has 1 aliphatic heterocycles. The van der Waals surface area contributed by atoms with Gasteiger partial charge in [0.2, 0.25) is 0 Å². The molecule has 2 aromatic carbocycles. The maximum atomic E-state index is 15.5. The van der Waals surface area contributed by atoms with Crippen LogP contribution in [0.2, 0.25) is 0 Å². The number of hydrogen-bond donors (Lipinski definition) is 1. The first kappa shape index (κ1) is 23.3. The van der Waals surface area contributed by atoms with Crippen LogP contribution in [-0.4, -0.2) is 28.6 Å². The molecule has 0 aromatic heterocycles. The molecule has 174 valence electrons. The molecule has 0 saturated carbocycles. The summed E-state index contributed by atoms with van der Waals surface area (Å²) in [5, 5.41) is 8.84. The van der Waals surface area contributed by atoms with E-state index in [1.54, 1.807) is 6.07 Å². The Morgan fingerprint density at radius 1 is 1.15 bits per heavy atom. The Kier molecular flexibility index (Phi) is 5.99. The average molecular weight is 456 g/mol. The Morgan fingerprint density at radius 3 is 2.42 bits per heavy atom. The third kappa shape index (κ3) is 4.62. The zero-order valence-electron chi connectivity index (χ0n) is 19.3. The molecule has 4 rings (SSSR count). The largest absolute Gasteiger partial charge is 0.478 e. The molecular weight excluding hydrogens is 427 g/mol. The van der Waals surface area contributed by atoms with Gasteiger partial charge in [-0.2, -0.15) is 0 Å². The lowest BCUT2D eigenvalue weighted by Crippen LogP contribution is -2.45. The summed E-state index contributed by atoms with van der Waals surface area (Å²) in [6.45, 7) is 8.93. The number of fused-ring (bicyclic) bond motifs is 2. The van der Waals surface area contributed by atoms with Gasteiger partial charge in [0, 0.05) is 24.2 Å². The topological polar surface area (TPSA) is 40.5 Å². The van der Waals surface area contributed by atoms with Crippen molar-refractivity contribution in [2.24, 2.45) is 5.41 Å². The van der Waals surface area contributed by atoms with Crippen LogP contribution in [0.25, 0.3) is 11.6 Å². The summed E-state index contributed by atoms with van der Waals surface area (Å²) in [6.07, 6.45) is 3.22. The lowest BCUT2D eigenvalue weighted by molar-refractivity contribution is -0.131. The van der Waals surface area contributed by atoms with Gasteiger partial charge in [-0.3, -0.25) is 4.90 Å². The number of hydrogen-bond acceptors (Lipinski definition) is 2. The van der Waals surface area contributed by atoms with E-state index in [4.69, 9.17) is 5.11 Å². The molecule has 2 aliphatic rings. The van der Waals surface area contributed by atoms with Crippen molar-refractivity contribution in [2.45, 2.75) is 52.6 Å². The van der Waals surface area contributed by atoms with Crippen molar-refractivity contribution in [3.8, 4) is 0 Å². The Hall–Kier alpha value is -2.86. The second-order valence-electron chi connectivity index (χ2n) is 10.2. The minimum Gasteiger partial charge on any atom is -0.478 e. The van der Waals surface area contributed by atoms with Crippen LogP contribution in [0, 0.1) is 22.9 Å². The van der Waals surface area contributed by atoms with Crippen LogP contribution in [0.4, 0.5) is 13.2 Å². The highest BCUT2D eigenvalue weighted by atomic mass is 19.1. The van der Waals surface area contributed by atoms with Gasteiger partial charge in [-0.25, -0.2) is 18.0 Å². The van der Waals surface area contributed by atoms with E-state index >= 15 is 8.78 Å². The maximum Gasteiger partial charge on any atom is 0.328 e. The number of carboxylic acid groups (broad SMARTS) is 1. The van der Waals surface area contributed by atoms with Crippen molar-refractivity contribution < 1.29 is 23.1 Å². The lowest BCUT2D eigenvalue weighted by atomic mass is 9.82. The number of halogens is 3. The highest BCUT2D eigenvalue weighted by Gasteiger charge is 2.42. The van der Waals surface area contributed by atoms with Gasteiger partial charge < -0.3 is 5.11 Å². The average Bonchev–Trinajstić information content (AvgIpc) is 3.04. The van der Waals surface area contributed by atoms with E-state index in [9.17, 15) is 9.18 Å². The molecule has 0 fully saturated rings. The van der Waals surface area contributed by atoms with Gasteiger partial charge in [0.1, 0.15) is 17.5 Å². The van der Waals surface area contributed by atoms with Crippen LogP contribution in [0.5, 0.6) is 0 Å². The summed E-state index contributed by atoms with van der Waals surface area (Å²) in [4.78, 5) is 13.0. The molecule has 0 spiro atoms. The minimum atomic E-state index is -1.19. The summed E-state index contributed by atoms with van der Waals surface area (Å²) >= 11 is 0. The van der Waals surface area contributed by atoms with Gasteiger partial charge in [0.15, 0.2) is 0 Å². The number of benzene rings is 2. The number of carboxylic acids is 1. The Morgan fingerprint density at radius 2 is 1.82 bits per heavy atom. The summed E-state index contributed by atoms with van der Waals surface area (Å²) in [7, 11) is 0. The van der Waals surface area contributed by atoms with E-state index in [0.29, 0.717) is 19.4 Å². The Labute approximate surface area is 192 Å². The predicted octanol–water partition coefficient (Wildman–Crippen LogP) is 6.39. The number of carbonyl (C=O) groups is 1. The van der Waals surface area contributed by atoms with Crippen molar-refractivity contribution in [2.75, 3.05) is 6.54 Å². The molecule has 2 aromatic rings. The molecule has 33 heavy (non-hydrogen) atoms. The predicted molar refractivity (Wildman–Crippen MR) is 123 cm³/mol. The Bertz CT molecular complexity index is 1150. The fourth-order valence-electron chi connectivity index (χ4n) is 5.10. The molecule has 0 radical (unpaired) electrons. The SMILES string of the molecule is C[C@@H]1CC2=C(Cc3ccc(F)cc32)[C@@H](c2c(F)cc(/C=C/C(=O)O)cc2F)N1CC(C)(C)C. The Balaban J connectivity index is 1.87. The van der Waals surface area contributed by atoms with Crippen molar-refractivity contribution in [1.29, 1.82) is 0 Å². The molecule has 1 heterocycles. The highest BCUT2D eigenvalue weighted by molar-refractivity contribution is 5.85. The van der Waals surface area contributed by atoms with Crippen molar-refractivity contribution in [3.05, 3.63) is 81.7 Å².